The van der Waals surface area contributed by atoms with Crippen LogP contribution >= 0.6 is 27.5 Å². The Kier molecular flexibility index (Phi) is 5.74. The number of aliphatic hydroxyl groups is 1. The number of rotatable bonds is 5. The molecule has 0 spiro atoms. The third-order valence-corrected chi connectivity index (χ3v) is 2.72. The van der Waals surface area contributed by atoms with Crippen LogP contribution in [0.25, 0.3) is 0 Å². The molecule has 0 aromatic heterocycles. The van der Waals surface area contributed by atoms with E-state index in [1.165, 1.54) is 0 Å². The molecule has 0 aliphatic rings. The van der Waals surface area contributed by atoms with Crippen LogP contribution in [-0.4, -0.2) is 30.3 Å². The van der Waals surface area contributed by atoms with Crippen molar-refractivity contribution in [3.63, 3.8) is 0 Å². The predicted molar refractivity (Wildman–Crippen MR) is 69.3 cm³/mol. The molecule has 0 heterocycles. The Morgan fingerprint density at radius 1 is 1.65 bits per heavy atom. The lowest BCUT2D eigenvalue weighted by Gasteiger charge is -2.12. The fourth-order valence-corrected chi connectivity index (χ4v) is 1.83. The Morgan fingerprint density at radius 2 is 2.35 bits per heavy atom. The Hall–Kier alpha value is -0.780. The van der Waals surface area contributed by atoms with Crippen molar-refractivity contribution in [2.24, 2.45) is 0 Å². The lowest BCUT2D eigenvalue weighted by Crippen LogP contribution is -2.38. The molecule has 6 heteroatoms. The molecule has 0 bridgehead atoms. The number of ether oxygens (including phenoxy) is 1. The Balaban J connectivity index is 2.47. The third-order valence-electron chi connectivity index (χ3n) is 1.93. The minimum absolute atomic E-state index is 0.106. The van der Waals surface area contributed by atoms with Gasteiger partial charge in [-0.15, -0.1) is 0 Å². The van der Waals surface area contributed by atoms with Crippen molar-refractivity contribution in [2.45, 2.75) is 13.0 Å². The lowest BCUT2D eigenvalue weighted by molar-refractivity contribution is -0.123. The van der Waals surface area contributed by atoms with Crippen LogP contribution in [0.15, 0.2) is 22.7 Å². The topological polar surface area (TPSA) is 58.6 Å². The van der Waals surface area contributed by atoms with E-state index in [1.807, 2.05) is 0 Å². The quantitative estimate of drug-likeness (QED) is 0.871. The molecule has 0 aliphatic carbocycles. The van der Waals surface area contributed by atoms with E-state index in [0.29, 0.717) is 10.8 Å². The van der Waals surface area contributed by atoms with Crippen molar-refractivity contribution in [1.29, 1.82) is 0 Å². The number of carbonyl (C=O) groups excluding carboxylic acids is 1. The van der Waals surface area contributed by atoms with Gasteiger partial charge in [-0.1, -0.05) is 27.5 Å². The van der Waals surface area contributed by atoms with Gasteiger partial charge in [-0.2, -0.15) is 0 Å². The van der Waals surface area contributed by atoms with Gasteiger partial charge in [-0.05, 0) is 25.1 Å². The summed E-state index contributed by atoms with van der Waals surface area (Å²) in [5, 5.41) is 11.8. The van der Waals surface area contributed by atoms with Crippen LogP contribution in [0, 0.1) is 0 Å². The Labute approximate surface area is 113 Å². The van der Waals surface area contributed by atoms with E-state index in [2.05, 4.69) is 21.2 Å². The summed E-state index contributed by atoms with van der Waals surface area (Å²) in [6, 6.07) is 4.85. The van der Waals surface area contributed by atoms with Crippen LogP contribution in [0.1, 0.15) is 6.92 Å². The molecule has 2 N–H and O–H groups in total. The molecule has 4 nitrogen and oxygen atoms in total. The molecule has 0 unspecified atom stereocenters. The van der Waals surface area contributed by atoms with E-state index in [0.717, 1.165) is 4.47 Å². The van der Waals surface area contributed by atoms with E-state index in [9.17, 15) is 4.79 Å². The highest BCUT2D eigenvalue weighted by molar-refractivity contribution is 9.10. The largest absolute Gasteiger partial charge is 0.482 e. The highest BCUT2D eigenvalue weighted by Gasteiger charge is 2.08. The van der Waals surface area contributed by atoms with Crippen molar-refractivity contribution < 1.29 is 14.6 Å². The molecule has 1 aromatic rings. The summed E-state index contributed by atoms with van der Waals surface area (Å²) in [5.41, 5.74) is 0. The number of halogens is 2. The van der Waals surface area contributed by atoms with Crippen molar-refractivity contribution in [3.05, 3.63) is 27.7 Å². The fraction of sp³-hybridized carbons (Fsp3) is 0.364. The van der Waals surface area contributed by atoms with Crippen LogP contribution < -0.4 is 10.1 Å². The van der Waals surface area contributed by atoms with Crippen molar-refractivity contribution in [2.75, 3.05) is 13.2 Å². The first-order valence-corrected chi connectivity index (χ1v) is 6.18. The molecule has 0 saturated heterocycles. The number of nitrogens with one attached hydrogen (secondary N) is 1. The van der Waals surface area contributed by atoms with E-state index in [4.69, 9.17) is 21.4 Å². The van der Waals surface area contributed by atoms with Crippen LogP contribution in [0.2, 0.25) is 5.02 Å². The highest BCUT2D eigenvalue weighted by Crippen LogP contribution is 2.27. The van der Waals surface area contributed by atoms with E-state index < -0.39 is 0 Å². The number of benzene rings is 1. The number of amides is 1. The summed E-state index contributed by atoms with van der Waals surface area (Å²) >= 11 is 9.19. The average molecular weight is 323 g/mol. The summed E-state index contributed by atoms with van der Waals surface area (Å²) in [5.74, 6) is 0.146. The summed E-state index contributed by atoms with van der Waals surface area (Å²) in [6.45, 7) is 1.46. The maximum atomic E-state index is 11.4. The molecule has 1 atom stereocenters. The molecule has 94 valence electrons. The smallest absolute Gasteiger partial charge is 0.258 e. The van der Waals surface area contributed by atoms with Gasteiger partial charge in [0.05, 0.1) is 11.6 Å². The number of hydrogen-bond donors (Lipinski definition) is 2. The standard InChI is InChI=1S/C11H13BrClNO3/c1-7(5-15)14-11(16)6-17-10-3-2-8(12)4-9(10)13/h2-4,7,15H,5-6H2,1H3,(H,14,16)/t7-/m0/s1. The van der Waals surface area contributed by atoms with Crippen LogP contribution in [-0.2, 0) is 4.79 Å². The zero-order valence-electron chi connectivity index (χ0n) is 9.24. The van der Waals surface area contributed by atoms with E-state index in [1.54, 1.807) is 25.1 Å². The summed E-state index contributed by atoms with van der Waals surface area (Å²) < 4.78 is 6.09. The molecule has 1 amide bonds. The zero-order valence-corrected chi connectivity index (χ0v) is 11.6. The maximum absolute atomic E-state index is 11.4. The molecule has 17 heavy (non-hydrogen) atoms. The minimum Gasteiger partial charge on any atom is -0.482 e. The van der Waals surface area contributed by atoms with Crippen LogP contribution in [0.3, 0.4) is 0 Å². The second-order valence-electron chi connectivity index (χ2n) is 3.51. The second-order valence-corrected chi connectivity index (χ2v) is 4.84. The van der Waals surface area contributed by atoms with E-state index in [-0.39, 0.29) is 25.2 Å². The Morgan fingerprint density at radius 3 is 2.94 bits per heavy atom. The van der Waals surface area contributed by atoms with Gasteiger partial charge in [-0.25, -0.2) is 0 Å². The predicted octanol–water partition coefficient (Wildman–Crippen LogP) is 1.98. The van der Waals surface area contributed by atoms with Crippen molar-refractivity contribution >= 4 is 33.4 Å². The number of carbonyl (C=O) groups is 1. The molecule has 0 aliphatic heterocycles. The van der Waals surface area contributed by atoms with Gasteiger partial charge < -0.3 is 15.2 Å². The molecular weight excluding hydrogens is 309 g/mol. The van der Waals surface area contributed by atoms with Crippen LogP contribution in [0.5, 0.6) is 5.75 Å². The maximum Gasteiger partial charge on any atom is 0.258 e. The van der Waals surface area contributed by atoms with Crippen molar-refractivity contribution in [3.8, 4) is 5.75 Å². The first-order chi connectivity index (χ1) is 8.02. The van der Waals surface area contributed by atoms with Gasteiger partial charge in [0.25, 0.3) is 5.91 Å². The first kappa shape index (κ1) is 14.3. The SMILES string of the molecule is C[C@@H](CO)NC(=O)COc1ccc(Br)cc1Cl. The zero-order chi connectivity index (χ0) is 12.8. The molecular formula is C11H13BrClNO3. The molecule has 0 fully saturated rings. The summed E-state index contributed by atoms with van der Waals surface area (Å²) in [4.78, 5) is 11.4. The fourth-order valence-electron chi connectivity index (χ4n) is 1.10. The molecule has 1 rings (SSSR count). The van der Waals surface area contributed by atoms with E-state index >= 15 is 0 Å². The van der Waals surface area contributed by atoms with Gasteiger partial charge in [0.1, 0.15) is 5.75 Å². The minimum atomic E-state index is -0.300. The summed E-state index contributed by atoms with van der Waals surface area (Å²) in [7, 11) is 0. The van der Waals surface area contributed by atoms with Gasteiger partial charge in [0.2, 0.25) is 0 Å². The lowest BCUT2D eigenvalue weighted by atomic mass is 10.3. The van der Waals surface area contributed by atoms with Gasteiger partial charge in [0.15, 0.2) is 6.61 Å². The molecule has 1 aromatic carbocycles. The second kappa shape index (κ2) is 6.83. The number of hydrogen-bond acceptors (Lipinski definition) is 3. The molecule has 0 radical (unpaired) electrons. The van der Waals surface area contributed by atoms with Gasteiger partial charge in [0, 0.05) is 10.5 Å². The van der Waals surface area contributed by atoms with Gasteiger partial charge in [-0.3, -0.25) is 4.79 Å². The number of aliphatic hydroxyl groups excluding tert-OH is 1. The Bertz CT molecular complexity index is 400. The average Bonchev–Trinajstić information content (AvgIpc) is 2.27. The normalized spacial score (nSPS) is 12.0. The van der Waals surface area contributed by atoms with Crippen molar-refractivity contribution in [1.82, 2.24) is 5.32 Å². The highest BCUT2D eigenvalue weighted by atomic mass is 79.9. The monoisotopic (exact) mass is 321 g/mol. The molecule has 0 saturated carbocycles. The summed E-state index contributed by atoms with van der Waals surface area (Å²) in [6.07, 6.45) is 0. The van der Waals surface area contributed by atoms with Crippen LogP contribution in [0.4, 0.5) is 0 Å². The first-order valence-electron chi connectivity index (χ1n) is 5.01. The van der Waals surface area contributed by atoms with Gasteiger partial charge >= 0.3 is 0 Å². The third kappa shape index (κ3) is 4.93.